The molecule has 0 aromatic carbocycles. The van der Waals surface area contributed by atoms with Crippen LogP contribution in [0, 0.1) is 5.41 Å². The molecular formula is C14H27N3O. The summed E-state index contributed by atoms with van der Waals surface area (Å²) in [6.45, 7) is 14.4. The molecule has 104 valence electrons. The number of rotatable bonds is 2. The minimum absolute atomic E-state index is 0.287. The molecule has 0 radical (unpaired) electrons. The molecule has 0 unspecified atom stereocenters. The summed E-state index contributed by atoms with van der Waals surface area (Å²) in [5, 5.41) is 3.34. The van der Waals surface area contributed by atoms with Crippen molar-refractivity contribution in [3.8, 4) is 0 Å². The number of carbonyl (C=O) groups excluding carboxylic acids is 1. The fraction of sp³-hybridized carbons (Fsp3) is 0.929. The van der Waals surface area contributed by atoms with Crippen molar-refractivity contribution in [2.45, 2.75) is 39.7 Å². The van der Waals surface area contributed by atoms with Gasteiger partial charge in [0.1, 0.15) is 0 Å². The second-order valence-electron chi connectivity index (χ2n) is 6.94. The van der Waals surface area contributed by atoms with E-state index in [1.54, 1.807) is 0 Å². The molecule has 2 aliphatic rings. The third-order valence-corrected chi connectivity index (χ3v) is 4.40. The summed E-state index contributed by atoms with van der Waals surface area (Å²) in [6.07, 6.45) is 1.12. The van der Waals surface area contributed by atoms with Crippen molar-refractivity contribution in [2.75, 3.05) is 39.3 Å². The van der Waals surface area contributed by atoms with Crippen LogP contribution in [0.5, 0.6) is 0 Å². The third-order valence-electron chi connectivity index (χ3n) is 4.40. The van der Waals surface area contributed by atoms with Gasteiger partial charge in [0.15, 0.2) is 0 Å². The van der Waals surface area contributed by atoms with Crippen LogP contribution in [0.15, 0.2) is 0 Å². The molecule has 0 saturated carbocycles. The highest BCUT2D eigenvalue weighted by molar-refractivity contribution is 5.85. The van der Waals surface area contributed by atoms with E-state index in [1.165, 1.54) is 0 Å². The number of carbonyl (C=O) groups is 1. The smallest absolute Gasteiger partial charge is 0.242 e. The van der Waals surface area contributed by atoms with Gasteiger partial charge in [0.05, 0.1) is 5.54 Å². The molecule has 0 aromatic heterocycles. The number of nitrogens with one attached hydrogen (secondary N) is 1. The Morgan fingerprint density at radius 3 is 2.28 bits per heavy atom. The second kappa shape index (κ2) is 4.82. The van der Waals surface area contributed by atoms with Crippen molar-refractivity contribution in [2.24, 2.45) is 5.41 Å². The van der Waals surface area contributed by atoms with Gasteiger partial charge in [-0.05, 0) is 25.7 Å². The lowest BCUT2D eigenvalue weighted by molar-refractivity contribution is -0.142. The number of likely N-dealkylation sites (tertiary alicyclic amines) is 1. The Morgan fingerprint density at radius 2 is 1.78 bits per heavy atom. The van der Waals surface area contributed by atoms with Gasteiger partial charge in [0, 0.05) is 39.3 Å². The standard InChI is InChI=1S/C14H27N3O/c1-13(2)5-8-16(11-13)12(18)14(3,4)17-9-6-15-7-10-17/h15H,5-11H2,1-4H3. The zero-order chi connectivity index (χ0) is 13.4. The molecule has 2 saturated heterocycles. The average Bonchev–Trinajstić information content (AvgIpc) is 2.69. The number of amides is 1. The molecule has 2 rings (SSSR count). The molecule has 0 aromatic rings. The predicted octanol–water partition coefficient (Wildman–Crippen LogP) is 0.929. The van der Waals surface area contributed by atoms with Crippen molar-refractivity contribution >= 4 is 5.91 Å². The molecule has 2 fully saturated rings. The Bertz CT molecular complexity index is 319. The molecule has 0 bridgehead atoms. The maximum Gasteiger partial charge on any atom is 0.242 e. The van der Waals surface area contributed by atoms with Crippen LogP contribution >= 0.6 is 0 Å². The number of hydrogen-bond acceptors (Lipinski definition) is 3. The fourth-order valence-electron chi connectivity index (χ4n) is 3.03. The van der Waals surface area contributed by atoms with E-state index in [1.807, 2.05) is 0 Å². The van der Waals surface area contributed by atoms with E-state index in [4.69, 9.17) is 0 Å². The monoisotopic (exact) mass is 253 g/mol. The Kier molecular flexibility index (Phi) is 3.70. The maximum atomic E-state index is 12.7. The Labute approximate surface area is 111 Å². The first kappa shape index (κ1) is 13.8. The van der Waals surface area contributed by atoms with E-state index in [2.05, 4.69) is 42.8 Å². The molecule has 2 aliphatic heterocycles. The first-order valence-corrected chi connectivity index (χ1v) is 7.08. The van der Waals surface area contributed by atoms with E-state index >= 15 is 0 Å². The average molecular weight is 253 g/mol. The van der Waals surface area contributed by atoms with Gasteiger partial charge >= 0.3 is 0 Å². The van der Waals surface area contributed by atoms with Crippen molar-refractivity contribution in [3.63, 3.8) is 0 Å². The summed E-state index contributed by atoms with van der Waals surface area (Å²) < 4.78 is 0. The SMILES string of the molecule is CC1(C)CCN(C(=O)C(C)(C)N2CCNCC2)C1. The molecule has 2 heterocycles. The van der Waals surface area contributed by atoms with E-state index in [0.29, 0.717) is 5.91 Å². The van der Waals surface area contributed by atoms with Gasteiger partial charge in [0.2, 0.25) is 5.91 Å². The van der Waals surface area contributed by atoms with Gasteiger partial charge in [-0.3, -0.25) is 9.69 Å². The Morgan fingerprint density at radius 1 is 1.17 bits per heavy atom. The molecule has 0 atom stereocenters. The molecule has 4 heteroatoms. The van der Waals surface area contributed by atoms with Crippen LogP contribution in [0.25, 0.3) is 0 Å². The minimum Gasteiger partial charge on any atom is -0.341 e. The van der Waals surface area contributed by atoms with E-state index < -0.39 is 0 Å². The zero-order valence-electron chi connectivity index (χ0n) is 12.3. The maximum absolute atomic E-state index is 12.7. The number of piperazine rings is 1. The first-order valence-electron chi connectivity index (χ1n) is 7.08. The van der Waals surface area contributed by atoms with Gasteiger partial charge in [0.25, 0.3) is 0 Å². The van der Waals surface area contributed by atoms with Gasteiger partial charge in [-0.2, -0.15) is 0 Å². The molecule has 4 nitrogen and oxygen atoms in total. The lowest BCUT2D eigenvalue weighted by Crippen LogP contribution is -2.60. The van der Waals surface area contributed by atoms with Crippen molar-refractivity contribution < 1.29 is 4.79 Å². The quantitative estimate of drug-likeness (QED) is 0.795. The minimum atomic E-state index is -0.359. The van der Waals surface area contributed by atoms with Crippen LogP contribution in [0.4, 0.5) is 0 Å². The third kappa shape index (κ3) is 2.69. The summed E-state index contributed by atoms with van der Waals surface area (Å²) in [5.41, 5.74) is -0.0717. The van der Waals surface area contributed by atoms with E-state index in [9.17, 15) is 4.79 Å². The normalized spacial score (nSPS) is 25.4. The summed E-state index contributed by atoms with van der Waals surface area (Å²) in [4.78, 5) is 17.1. The van der Waals surface area contributed by atoms with Crippen molar-refractivity contribution in [1.29, 1.82) is 0 Å². The van der Waals surface area contributed by atoms with Gasteiger partial charge in [-0.25, -0.2) is 0 Å². The molecular weight excluding hydrogens is 226 g/mol. The largest absolute Gasteiger partial charge is 0.341 e. The van der Waals surface area contributed by atoms with Crippen molar-refractivity contribution in [1.82, 2.24) is 15.1 Å². The zero-order valence-corrected chi connectivity index (χ0v) is 12.3. The van der Waals surface area contributed by atoms with Crippen LogP contribution in [0.3, 0.4) is 0 Å². The predicted molar refractivity (Wildman–Crippen MR) is 73.5 cm³/mol. The topological polar surface area (TPSA) is 35.6 Å². The second-order valence-corrected chi connectivity index (χ2v) is 6.94. The molecule has 0 aliphatic carbocycles. The summed E-state index contributed by atoms with van der Waals surface area (Å²) in [6, 6.07) is 0. The van der Waals surface area contributed by atoms with Crippen LogP contribution in [-0.2, 0) is 4.79 Å². The molecule has 1 amide bonds. The summed E-state index contributed by atoms with van der Waals surface area (Å²) in [7, 11) is 0. The van der Waals surface area contributed by atoms with Crippen LogP contribution in [0.1, 0.15) is 34.1 Å². The Balaban J connectivity index is 2.02. The number of hydrogen-bond donors (Lipinski definition) is 1. The Hall–Kier alpha value is -0.610. The van der Waals surface area contributed by atoms with Gasteiger partial charge in [-0.1, -0.05) is 13.8 Å². The van der Waals surface area contributed by atoms with Gasteiger partial charge in [-0.15, -0.1) is 0 Å². The molecule has 0 spiro atoms. The highest BCUT2D eigenvalue weighted by atomic mass is 16.2. The van der Waals surface area contributed by atoms with E-state index in [-0.39, 0.29) is 11.0 Å². The fourth-order valence-corrected chi connectivity index (χ4v) is 3.03. The van der Waals surface area contributed by atoms with Gasteiger partial charge < -0.3 is 10.2 Å². The van der Waals surface area contributed by atoms with Crippen LogP contribution in [0.2, 0.25) is 0 Å². The lowest BCUT2D eigenvalue weighted by Gasteiger charge is -2.42. The highest BCUT2D eigenvalue weighted by Crippen LogP contribution is 2.31. The highest BCUT2D eigenvalue weighted by Gasteiger charge is 2.41. The molecule has 18 heavy (non-hydrogen) atoms. The lowest BCUT2D eigenvalue weighted by atomic mass is 9.93. The summed E-state index contributed by atoms with van der Waals surface area (Å²) in [5.74, 6) is 0.301. The summed E-state index contributed by atoms with van der Waals surface area (Å²) >= 11 is 0. The van der Waals surface area contributed by atoms with Crippen LogP contribution in [-0.4, -0.2) is 60.5 Å². The van der Waals surface area contributed by atoms with Crippen molar-refractivity contribution in [3.05, 3.63) is 0 Å². The molecule has 1 N–H and O–H groups in total. The van der Waals surface area contributed by atoms with Crippen LogP contribution < -0.4 is 5.32 Å². The van der Waals surface area contributed by atoms with E-state index in [0.717, 1.165) is 45.7 Å². The number of nitrogens with zero attached hydrogens (tertiary/aromatic N) is 2. The first-order chi connectivity index (χ1) is 8.33.